The zero-order valence-corrected chi connectivity index (χ0v) is 14.1. The molecule has 1 aliphatic carbocycles. The van der Waals surface area contributed by atoms with E-state index < -0.39 is 0 Å². The van der Waals surface area contributed by atoms with Crippen LogP contribution in [-0.4, -0.2) is 13.0 Å². The Morgan fingerprint density at radius 2 is 1.91 bits per heavy atom. The number of nitrogens with one attached hydrogen (secondary N) is 2. The summed E-state index contributed by atoms with van der Waals surface area (Å²) in [6.45, 7) is 3.77. The molecule has 0 atom stereocenters. The molecule has 4 heteroatoms. The average Bonchev–Trinajstić information content (AvgIpc) is 3.15. The number of guanidine groups is 1. The van der Waals surface area contributed by atoms with Crippen LogP contribution in [-0.2, 0) is 25.9 Å². The first-order valence-corrected chi connectivity index (χ1v) is 8.67. The van der Waals surface area contributed by atoms with Gasteiger partial charge in [-0.25, -0.2) is 0 Å². The Labute approximate surface area is 136 Å². The largest absolute Gasteiger partial charge is 0.352 e. The quantitative estimate of drug-likeness (QED) is 0.670. The van der Waals surface area contributed by atoms with Crippen molar-refractivity contribution in [3.05, 3.63) is 56.8 Å². The maximum Gasteiger partial charge on any atom is 0.191 e. The molecule has 0 radical (unpaired) electrons. The van der Waals surface area contributed by atoms with Gasteiger partial charge >= 0.3 is 0 Å². The van der Waals surface area contributed by atoms with E-state index in [1.165, 1.54) is 45.7 Å². The standard InChI is InChI=1S/C18H23N3S/c1-13-6-9-17(22-13)12-21-18(19-2)20-11-14-7-8-15-4-3-5-16(15)10-14/h6-10H,3-5,11-12H2,1-2H3,(H2,19,20,21). The number of aliphatic imine (C=N–C) groups is 1. The van der Waals surface area contributed by atoms with Crippen molar-refractivity contribution in [3.8, 4) is 0 Å². The Morgan fingerprint density at radius 3 is 2.68 bits per heavy atom. The smallest absolute Gasteiger partial charge is 0.191 e. The van der Waals surface area contributed by atoms with Gasteiger partial charge in [0.15, 0.2) is 5.96 Å². The SMILES string of the molecule is CN=C(NCc1ccc2c(c1)CCC2)NCc1ccc(C)s1. The molecule has 3 nitrogen and oxygen atoms in total. The summed E-state index contributed by atoms with van der Waals surface area (Å²) in [6.07, 6.45) is 3.77. The number of hydrogen-bond donors (Lipinski definition) is 2. The van der Waals surface area contributed by atoms with Crippen LogP contribution >= 0.6 is 11.3 Å². The van der Waals surface area contributed by atoms with Crippen LogP contribution < -0.4 is 10.6 Å². The summed E-state index contributed by atoms with van der Waals surface area (Å²) >= 11 is 1.82. The lowest BCUT2D eigenvalue weighted by molar-refractivity contribution is 0.814. The molecule has 22 heavy (non-hydrogen) atoms. The fraction of sp³-hybridized carbons (Fsp3) is 0.389. The summed E-state index contributed by atoms with van der Waals surface area (Å²) in [6, 6.07) is 11.2. The molecule has 0 saturated heterocycles. The third-order valence-corrected chi connectivity index (χ3v) is 5.07. The highest BCUT2D eigenvalue weighted by Gasteiger charge is 2.10. The van der Waals surface area contributed by atoms with Gasteiger partial charge in [-0.3, -0.25) is 4.99 Å². The van der Waals surface area contributed by atoms with E-state index in [9.17, 15) is 0 Å². The molecule has 0 spiro atoms. The van der Waals surface area contributed by atoms with Crippen LogP contribution in [0.4, 0.5) is 0 Å². The average molecular weight is 313 g/mol. The lowest BCUT2D eigenvalue weighted by Gasteiger charge is -2.12. The lowest BCUT2D eigenvalue weighted by atomic mass is 10.1. The number of aryl methyl sites for hydroxylation is 3. The van der Waals surface area contributed by atoms with Crippen molar-refractivity contribution in [2.75, 3.05) is 7.05 Å². The first-order chi connectivity index (χ1) is 10.7. The molecule has 0 bridgehead atoms. The third kappa shape index (κ3) is 3.69. The van der Waals surface area contributed by atoms with Gasteiger partial charge in [-0.05, 0) is 55.0 Å². The van der Waals surface area contributed by atoms with E-state index in [1.807, 2.05) is 18.4 Å². The van der Waals surface area contributed by atoms with E-state index >= 15 is 0 Å². The van der Waals surface area contributed by atoms with E-state index in [0.717, 1.165) is 19.0 Å². The summed E-state index contributed by atoms with van der Waals surface area (Å²) in [7, 11) is 1.82. The summed E-state index contributed by atoms with van der Waals surface area (Å²) in [5.41, 5.74) is 4.38. The van der Waals surface area contributed by atoms with E-state index in [2.05, 4.69) is 52.9 Å². The summed E-state index contributed by atoms with van der Waals surface area (Å²) in [4.78, 5) is 6.97. The Kier molecular flexibility index (Phi) is 4.78. The van der Waals surface area contributed by atoms with E-state index in [4.69, 9.17) is 0 Å². The number of fused-ring (bicyclic) bond motifs is 1. The summed E-state index contributed by atoms with van der Waals surface area (Å²) < 4.78 is 0. The minimum Gasteiger partial charge on any atom is -0.352 e. The molecule has 1 aromatic heterocycles. The minimum atomic E-state index is 0.816. The Balaban J connectivity index is 1.52. The van der Waals surface area contributed by atoms with Crippen molar-refractivity contribution in [2.45, 2.75) is 39.3 Å². The number of thiophene rings is 1. The van der Waals surface area contributed by atoms with Gasteiger partial charge in [0.05, 0.1) is 6.54 Å². The molecule has 0 saturated carbocycles. The lowest BCUT2D eigenvalue weighted by Crippen LogP contribution is -2.36. The van der Waals surface area contributed by atoms with Crippen LogP contribution in [0, 0.1) is 6.92 Å². The fourth-order valence-electron chi connectivity index (χ4n) is 2.89. The first-order valence-electron chi connectivity index (χ1n) is 7.85. The third-order valence-electron chi connectivity index (χ3n) is 4.07. The van der Waals surface area contributed by atoms with Gasteiger partial charge < -0.3 is 10.6 Å². The van der Waals surface area contributed by atoms with Gasteiger partial charge in [0, 0.05) is 23.3 Å². The van der Waals surface area contributed by atoms with E-state index in [-0.39, 0.29) is 0 Å². The van der Waals surface area contributed by atoms with Crippen LogP contribution in [0.5, 0.6) is 0 Å². The molecular weight excluding hydrogens is 290 g/mol. The van der Waals surface area contributed by atoms with Gasteiger partial charge in [0.1, 0.15) is 0 Å². The fourth-order valence-corrected chi connectivity index (χ4v) is 3.72. The highest BCUT2D eigenvalue weighted by atomic mass is 32.1. The molecule has 1 aromatic carbocycles. The van der Waals surface area contributed by atoms with Gasteiger partial charge in [0.2, 0.25) is 0 Å². The number of hydrogen-bond acceptors (Lipinski definition) is 2. The minimum absolute atomic E-state index is 0.816. The maximum atomic E-state index is 4.30. The van der Waals surface area contributed by atoms with Crippen molar-refractivity contribution in [3.63, 3.8) is 0 Å². The summed E-state index contributed by atoms with van der Waals surface area (Å²) in [5.74, 6) is 0.853. The number of rotatable bonds is 4. The second-order valence-corrected chi connectivity index (χ2v) is 7.12. The molecule has 0 fully saturated rings. The summed E-state index contributed by atoms with van der Waals surface area (Å²) in [5, 5.41) is 6.77. The van der Waals surface area contributed by atoms with Crippen LogP contribution in [0.3, 0.4) is 0 Å². The van der Waals surface area contributed by atoms with E-state index in [0.29, 0.717) is 0 Å². The molecule has 116 valence electrons. The van der Waals surface area contributed by atoms with Crippen molar-refractivity contribution in [1.29, 1.82) is 0 Å². The molecule has 1 heterocycles. The zero-order chi connectivity index (χ0) is 15.4. The van der Waals surface area contributed by atoms with Gasteiger partial charge in [-0.15, -0.1) is 11.3 Å². The van der Waals surface area contributed by atoms with Crippen molar-refractivity contribution < 1.29 is 0 Å². The Bertz CT molecular complexity index is 673. The Morgan fingerprint density at radius 1 is 1.09 bits per heavy atom. The molecule has 2 aromatic rings. The van der Waals surface area contributed by atoms with Crippen LogP contribution in [0.1, 0.15) is 32.9 Å². The molecule has 0 amide bonds. The normalized spacial score (nSPS) is 14.0. The number of nitrogens with zero attached hydrogens (tertiary/aromatic N) is 1. The first kappa shape index (κ1) is 15.1. The monoisotopic (exact) mass is 313 g/mol. The number of benzene rings is 1. The second-order valence-electron chi connectivity index (χ2n) is 5.75. The molecule has 3 rings (SSSR count). The predicted octanol–water partition coefficient (Wildman–Crippen LogP) is 3.41. The second kappa shape index (κ2) is 6.97. The molecule has 0 unspecified atom stereocenters. The van der Waals surface area contributed by atoms with Crippen molar-refractivity contribution in [2.24, 2.45) is 4.99 Å². The van der Waals surface area contributed by atoms with Gasteiger partial charge in [-0.2, -0.15) is 0 Å². The highest BCUT2D eigenvalue weighted by molar-refractivity contribution is 7.11. The molecular formula is C18H23N3S. The van der Waals surface area contributed by atoms with E-state index in [1.54, 1.807) is 0 Å². The van der Waals surface area contributed by atoms with Crippen LogP contribution in [0.15, 0.2) is 35.3 Å². The molecule has 1 aliphatic rings. The Hall–Kier alpha value is -1.81. The van der Waals surface area contributed by atoms with Crippen LogP contribution in [0.2, 0.25) is 0 Å². The molecule has 2 N–H and O–H groups in total. The van der Waals surface area contributed by atoms with Gasteiger partial charge in [-0.1, -0.05) is 18.2 Å². The van der Waals surface area contributed by atoms with Gasteiger partial charge in [0.25, 0.3) is 0 Å². The topological polar surface area (TPSA) is 36.4 Å². The van der Waals surface area contributed by atoms with Crippen molar-refractivity contribution in [1.82, 2.24) is 10.6 Å². The maximum absolute atomic E-state index is 4.30. The highest BCUT2D eigenvalue weighted by Crippen LogP contribution is 2.22. The predicted molar refractivity (Wildman–Crippen MR) is 94.6 cm³/mol. The zero-order valence-electron chi connectivity index (χ0n) is 13.3. The van der Waals surface area contributed by atoms with Crippen molar-refractivity contribution >= 4 is 17.3 Å². The van der Waals surface area contributed by atoms with Crippen LogP contribution in [0.25, 0.3) is 0 Å². The molecule has 0 aliphatic heterocycles.